The van der Waals surface area contributed by atoms with E-state index in [1.54, 1.807) is 0 Å². The largest absolute Gasteiger partial charge is 0.299 e. The molecule has 1 aliphatic rings. The van der Waals surface area contributed by atoms with Crippen LogP contribution in [0.4, 0.5) is 0 Å². The molecule has 0 saturated heterocycles. The van der Waals surface area contributed by atoms with Crippen LogP contribution < -0.4 is 0 Å². The molecule has 0 aromatic rings. The molecular formula is C10H17IO4S. The highest BCUT2D eigenvalue weighted by atomic mass is 127. The van der Waals surface area contributed by atoms with Crippen molar-refractivity contribution in [2.75, 3.05) is 10.7 Å². The van der Waals surface area contributed by atoms with Crippen LogP contribution in [-0.4, -0.2) is 31.0 Å². The van der Waals surface area contributed by atoms with E-state index in [0.29, 0.717) is 19.3 Å². The molecule has 0 aliphatic heterocycles. The van der Waals surface area contributed by atoms with Crippen molar-refractivity contribution in [2.24, 2.45) is 5.41 Å². The Hall–Kier alpha value is 0.310. The molecule has 0 radical (unpaired) electrons. The first-order valence-corrected chi connectivity index (χ1v) is 8.61. The molecule has 0 spiro atoms. The normalized spacial score (nSPS) is 30.9. The van der Waals surface area contributed by atoms with Gasteiger partial charge in [0, 0.05) is 6.42 Å². The van der Waals surface area contributed by atoms with Crippen LogP contribution in [-0.2, 0) is 19.1 Å². The Kier molecular flexibility index (Phi) is 4.76. The Morgan fingerprint density at radius 2 is 2.19 bits per heavy atom. The van der Waals surface area contributed by atoms with Gasteiger partial charge in [-0.2, -0.15) is 8.42 Å². The monoisotopic (exact) mass is 360 g/mol. The highest BCUT2D eigenvalue weighted by molar-refractivity contribution is 14.1. The van der Waals surface area contributed by atoms with Gasteiger partial charge in [-0.25, -0.2) is 0 Å². The Balaban J connectivity index is 2.80. The Morgan fingerprint density at radius 3 is 2.69 bits per heavy atom. The average molecular weight is 360 g/mol. The zero-order chi connectivity index (χ0) is 12.4. The van der Waals surface area contributed by atoms with Crippen molar-refractivity contribution in [1.29, 1.82) is 0 Å². The second kappa shape index (κ2) is 5.30. The molecule has 2 atom stereocenters. The fourth-order valence-electron chi connectivity index (χ4n) is 2.15. The van der Waals surface area contributed by atoms with E-state index in [-0.39, 0.29) is 5.78 Å². The van der Waals surface area contributed by atoms with Gasteiger partial charge in [0.05, 0.1) is 17.8 Å². The van der Waals surface area contributed by atoms with Gasteiger partial charge >= 0.3 is 0 Å². The molecule has 16 heavy (non-hydrogen) atoms. The highest BCUT2D eigenvalue weighted by Gasteiger charge is 2.47. The minimum atomic E-state index is -3.48. The van der Waals surface area contributed by atoms with Crippen LogP contribution in [0, 0.1) is 5.41 Å². The summed E-state index contributed by atoms with van der Waals surface area (Å²) in [6.07, 6.45) is 3.12. The van der Waals surface area contributed by atoms with Gasteiger partial charge in [-0.15, -0.1) is 0 Å². The van der Waals surface area contributed by atoms with Crippen LogP contribution in [0.2, 0.25) is 0 Å². The number of halogens is 1. The van der Waals surface area contributed by atoms with Crippen LogP contribution in [0.3, 0.4) is 0 Å². The van der Waals surface area contributed by atoms with Gasteiger partial charge in [-0.1, -0.05) is 29.5 Å². The molecule has 0 unspecified atom stereocenters. The van der Waals surface area contributed by atoms with E-state index in [0.717, 1.165) is 17.1 Å². The summed E-state index contributed by atoms with van der Waals surface area (Å²) in [5.74, 6) is 0.131. The maximum Gasteiger partial charge on any atom is 0.264 e. The van der Waals surface area contributed by atoms with Crippen LogP contribution >= 0.6 is 22.6 Å². The minimum Gasteiger partial charge on any atom is -0.299 e. The number of carbonyl (C=O) groups excluding carboxylic acids is 1. The molecule has 4 nitrogen and oxygen atoms in total. The third kappa shape index (κ3) is 3.40. The molecule has 94 valence electrons. The number of alkyl halides is 1. The third-order valence-electron chi connectivity index (χ3n) is 3.10. The molecule has 0 heterocycles. The first-order chi connectivity index (χ1) is 7.29. The van der Waals surface area contributed by atoms with E-state index >= 15 is 0 Å². The Morgan fingerprint density at radius 1 is 1.56 bits per heavy atom. The number of carbonyl (C=O) groups is 1. The zero-order valence-electron chi connectivity index (χ0n) is 9.53. The van der Waals surface area contributed by atoms with Crippen molar-refractivity contribution in [3.05, 3.63) is 0 Å². The Bertz CT molecular complexity index is 365. The average Bonchev–Trinajstić information content (AvgIpc) is 2.41. The SMILES string of the molecule is C[C@@]1(CCCI)C(=O)CC[C@@H]1OS(C)(=O)=O. The summed E-state index contributed by atoms with van der Waals surface area (Å²) in [5, 5.41) is 0. The number of rotatable bonds is 5. The fourth-order valence-corrected chi connectivity index (χ4v) is 3.26. The van der Waals surface area contributed by atoms with E-state index in [4.69, 9.17) is 4.18 Å². The molecule has 6 heteroatoms. The lowest BCUT2D eigenvalue weighted by atomic mass is 9.81. The summed E-state index contributed by atoms with van der Waals surface area (Å²) in [7, 11) is -3.48. The van der Waals surface area contributed by atoms with E-state index in [2.05, 4.69) is 22.6 Å². The third-order valence-corrected chi connectivity index (χ3v) is 4.45. The predicted octanol–water partition coefficient (Wildman–Crippen LogP) is 1.92. The molecule has 1 rings (SSSR count). The number of hydrogen-bond donors (Lipinski definition) is 0. The predicted molar refractivity (Wildman–Crippen MR) is 70.2 cm³/mol. The lowest BCUT2D eigenvalue weighted by Gasteiger charge is -2.28. The van der Waals surface area contributed by atoms with Crippen LogP contribution in [0.15, 0.2) is 0 Å². The lowest BCUT2D eigenvalue weighted by molar-refractivity contribution is -0.127. The van der Waals surface area contributed by atoms with Gasteiger partial charge in [0.25, 0.3) is 10.1 Å². The smallest absolute Gasteiger partial charge is 0.264 e. The first kappa shape index (κ1) is 14.4. The van der Waals surface area contributed by atoms with Crippen molar-refractivity contribution < 1.29 is 17.4 Å². The van der Waals surface area contributed by atoms with E-state index in [1.165, 1.54) is 0 Å². The van der Waals surface area contributed by atoms with Crippen molar-refractivity contribution in [2.45, 2.75) is 38.7 Å². The van der Waals surface area contributed by atoms with Crippen LogP contribution in [0.1, 0.15) is 32.6 Å². The summed E-state index contributed by atoms with van der Waals surface area (Å²) in [6.45, 7) is 1.82. The molecule has 0 aromatic heterocycles. The van der Waals surface area contributed by atoms with Gasteiger partial charge < -0.3 is 0 Å². The van der Waals surface area contributed by atoms with Gasteiger partial charge in [-0.3, -0.25) is 8.98 Å². The number of Topliss-reactive ketones (excluding diaryl/α,β-unsaturated/α-hetero) is 1. The highest BCUT2D eigenvalue weighted by Crippen LogP contribution is 2.41. The quantitative estimate of drug-likeness (QED) is 0.427. The second-order valence-corrected chi connectivity index (χ2v) is 7.14. The van der Waals surface area contributed by atoms with Gasteiger partial charge in [0.2, 0.25) is 0 Å². The van der Waals surface area contributed by atoms with E-state index in [9.17, 15) is 13.2 Å². The number of hydrogen-bond acceptors (Lipinski definition) is 4. The maximum absolute atomic E-state index is 11.8. The fraction of sp³-hybridized carbons (Fsp3) is 0.900. The molecular weight excluding hydrogens is 343 g/mol. The molecule has 1 saturated carbocycles. The summed E-state index contributed by atoms with van der Waals surface area (Å²) < 4.78 is 28.2. The Labute approximate surface area is 110 Å². The van der Waals surface area contributed by atoms with Crippen LogP contribution in [0.5, 0.6) is 0 Å². The molecule has 0 N–H and O–H groups in total. The topological polar surface area (TPSA) is 60.4 Å². The van der Waals surface area contributed by atoms with Crippen LogP contribution in [0.25, 0.3) is 0 Å². The standard InChI is InChI=1S/C10H17IO4S/c1-10(6-3-7-11)8(12)4-5-9(10)15-16(2,13)14/h9H,3-7H2,1-2H3/t9-,10+/m0/s1. The summed E-state index contributed by atoms with van der Waals surface area (Å²) >= 11 is 2.25. The summed E-state index contributed by atoms with van der Waals surface area (Å²) in [5.41, 5.74) is -0.617. The molecule has 0 amide bonds. The van der Waals surface area contributed by atoms with Crippen molar-refractivity contribution in [1.82, 2.24) is 0 Å². The maximum atomic E-state index is 11.8. The van der Waals surface area contributed by atoms with E-state index < -0.39 is 21.6 Å². The van der Waals surface area contributed by atoms with Gasteiger partial charge in [0.15, 0.2) is 0 Å². The second-order valence-electron chi connectivity index (χ2n) is 4.46. The van der Waals surface area contributed by atoms with Gasteiger partial charge in [-0.05, 0) is 23.7 Å². The van der Waals surface area contributed by atoms with Crippen molar-refractivity contribution >= 4 is 38.5 Å². The van der Waals surface area contributed by atoms with Crippen molar-refractivity contribution in [3.8, 4) is 0 Å². The first-order valence-electron chi connectivity index (χ1n) is 5.27. The van der Waals surface area contributed by atoms with Gasteiger partial charge in [0.1, 0.15) is 5.78 Å². The molecule has 0 aromatic carbocycles. The molecule has 0 bridgehead atoms. The molecule has 1 aliphatic carbocycles. The molecule has 1 fully saturated rings. The summed E-state index contributed by atoms with van der Waals surface area (Å²) in [6, 6.07) is 0. The minimum absolute atomic E-state index is 0.131. The van der Waals surface area contributed by atoms with E-state index in [1.807, 2.05) is 6.92 Å². The van der Waals surface area contributed by atoms with Crippen molar-refractivity contribution in [3.63, 3.8) is 0 Å². The number of ketones is 1. The summed E-state index contributed by atoms with van der Waals surface area (Å²) in [4.78, 5) is 11.8. The lowest BCUT2D eigenvalue weighted by Crippen LogP contribution is -2.36. The zero-order valence-corrected chi connectivity index (χ0v) is 12.5.